The van der Waals surface area contributed by atoms with E-state index in [1.165, 1.54) is 0 Å². The minimum absolute atomic E-state index is 0.0581. The molecule has 0 saturated heterocycles. The van der Waals surface area contributed by atoms with Crippen molar-refractivity contribution in [3.63, 3.8) is 0 Å². The summed E-state index contributed by atoms with van der Waals surface area (Å²) in [5.41, 5.74) is 8.56. The van der Waals surface area contributed by atoms with Gasteiger partial charge in [-0.2, -0.15) is 0 Å². The van der Waals surface area contributed by atoms with Crippen molar-refractivity contribution in [1.29, 1.82) is 0 Å². The predicted octanol–water partition coefficient (Wildman–Crippen LogP) is 1.25. The zero-order valence-corrected chi connectivity index (χ0v) is 8.84. The summed E-state index contributed by atoms with van der Waals surface area (Å²) in [5, 5.41) is 7.56. The number of hydrogen-bond acceptors (Lipinski definition) is 4. The summed E-state index contributed by atoms with van der Waals surface area (Å²) in [4.78, 5) is 0. The van der Waals surface area contributed by atoms with Gasteiger partial charge in [0.15, 0.2) is 0 Å². The summed E-state index contributed by atoms with van der Waals surface area (Å²) in [6.45, 7) is 4.51. The lowest BCUT2D eigenvalue weighted by atomic mass is 10.2. The highest BCUT2D eigenvalue weighted by Crippen LogP contribution is 2.11. The Hall–Kier alpha value is -1.62. The molecule has 5 heteroatoms. The number of aromatic nitrogens is 3. The highest BCUT2D eigenvalue weighted by atomic mass is 16.6. The molecule has 2 heterocycles. The van der Waals surface area contributed by atoms with Gasteiger partial charge in [0.1, 0.15) is 11.4 Å². The van der Waals surface area contributed by atoms with Crippen molar-refractivity contribution in [1.82, 2.24) is 14.9 Å². The van der Waals surface area contributed by atoms with Crippen LogP contribution >= 0.6 is 0 Å². The van der Waals surface area contributed by atoms with Crippen LogP contribution in [-0.2, 0) is 6.54 Å². The highest BCUT2D eigenvalue weighted by molar-refractivity contribution is 5.15. The molecule has 0 aliphatic rings. The molecule has 2 rings (SSSR count). The minimum Gasteiger partial charge on any atom is -0.348 e. The van der Waals surface area contributed by atoms with Gasteiger partial charge < -0.3 is 10.3 Å². The maximum Gasteiger partial charge on any atom is 0.127 e. The van der Waals surface area contributed by atoms with Crippen LogP contribution in [0.2, 0.25) is 0 Å². The number of nitrogens with two attached hydrogens (primary N) is 1. The van der Waals surface area contributed by atoms with Crippen molar-refractivity contribution in [2.24, 2.45) is 5.73 Å². The molecule has 5 nitrogen and oxygen atoms in total. The van der Waals surface area contributed by atoms with Crippen LogP contribution in [0.1, 0.15) is 29.9 Å². The van der Waals surface area contributed by atoms with Crippen molar-refractivity contribution >= 4 is 0 Å². The molecule has 0 spiro atoms. The van der Waals surface area contributed by atoms with Gasteiger partial charge in [-0.05, 0) is 25.5 Å². The second kappa shape index (κ2) is 3.86. The summed E-state index contributed by atoms with van der Waals surface area (Å²) < 4.78 is 6.65. The third-order valence-corrected chi connectivity index (χ3v) is 2.38. The quantitative estimate of drug-likeness (QED) is 0.820. The SMILES string of the molecule is Cc1nonc1Cn1ccc(C(C)N)c1. The zero-order chi connectivity index (χ0) is 10.8. The molecule has 2 aromatic rings. The van der Waals surface area contributed by atoms with Crippen molar-refractivity contribution in [3.8, 4) is 0 Å². The van der Waals surface area contributed by atoms with Crippen molar-refractivity contribution in [2.45, 2.75) is 26.4 Å². The van der Waals surface area contributed by atoms with E-state index in [1.54, 1.807) is 0 Å². The molecule has 0 bridgehead atoms. The standard InChI is InChI=1S/C10H14N4O/c1-7(11)9-3-4-14(5-9)6-10-8(2)12-15-13-10/h3-5,7H,6,11H2,1-2H3. The maximum absolute atomic E-state index is 5.77. The van der Waals surface area contributed by atoms with Crippen LogP contribution in [-0.4, -0.2) is 14.9 Å². The predicted molar refractivity (Wildman–Crippen MR) is 55.2 cm³/mol. The average molecular weight is 206 g/mol. The number of aryl methyl sites for hydroxylation is 1. The molecule has 0 saturated carbocycles. The lowest BCUT2D eigenvalue weighted by Gasteiger charge is -2.01. The lowest BCUT2D eigenvalue weighted by molar-refractivity contribution is 0.300. The maximum atomic E-state index is 5.77. The Morgan fingerprint density at radius 1 is 1.53 bits per heavy atom. The average Bonchev–Trinajstić information content (AvgIpc) is 2.77. The van der Waals surface area contributed by atoms with Gasteiger partial charge in [0, 0.05) is 18.4 Å². The Bertz CT molecular complexity index is 444. The van der Waals surface area contributed by atoms with Crippen LogP contribution in [0.3, 0.4) is 0 Å². The monoisotopic (exact) mass is 206 g/mol. The van der Waals surface area contributed by atoms with E-state index in [4.69, 9.17) is 5.73 Å². The van der Waals surface area contributed by atoms with Gasteiger partial charge in [0.05, 0.1) is 6.54 Å². The Morgan fingerprint density at radius 3 is 2.87 bits per heavy atom. The number of nitrogens with zero attached hydrogens (tertiary/aromatic N) is 3. The topological polar surface area (TPSA) is 69.9 Å². The molecule has 0 aromatic carbocycles. The molecule has 0 aliphatic carbocycles. The third-order valence-electron chi connectivity index (χ3n) is 2.38. The van der Waals surface area contributed by atoms with Crippen LogP contribution in [0.5, 0.6) is 0 Å². The first kappa shape index (κ1) is 9.92. The van der Waals surface area contributed by atoms with Crippen molar-refractivity contribution in [3.05, 3.63) is 35.4 Å². The fraction of sp³-hybridized carbons (Fsp3) is 0.400. The second-order valence-corrected chi connectivity index (χ2v) is 3.70. The van der Waals surface area contributed by atoms with Crippen LogP contribution in [0.15, 0.2) is 23.1 Å². The number of rotatable bonds is 3. The van der Waals surface area contributed by atoms with E-state index in [0.717, 1.165) is 17.0 Å². The third kappa shape index (κ3) is 2.07. The molecule has 1 unspecified atom stereocenters. The smallest absolute Gasteiger partial charge is 0.127 e. The molecule has 15 heavy (non-hydrogen) atoms. The molecule has 2 N–H and O–H groups in total. The molecule has 0 aliphatic heterocycles. The van der Waals surface area contributed by atoms with E-state index in [9.17, 15) is 0 Å². The first-order chi connectivity index (χ1) is 7.16. The van der Waals surface area contributed by atoms with Crippen LogP contribution in [0, 0.1) is 6.92 Å². The Labute approximate surface area is 87.8 Å². The van der Waals surface area contributed by atoms with E-state index >= 15 is 0 Å². The molecule has 0 radical (unpaired) electrons. The van der Waals surface area contributed by atoms with Gasteiger partial charge >= 0.3 is 0 Å². The summed E-state index contributed by atoms with van der Waals surface area (Å²) in [6, 6.07) is 2.07. The zero-order valence-electron chi connectivity index (χ0n) is 8.84. The van der Waals surface area contributed by atoms with Crippen molar-refractivity contribution in [2.75, 3.05) is 0 Å². The molecular weight excluding hydrogens is 192 g/mol. The number of hydrogen-bond donors (Lipinski definition) is 1. The van der Waals surface area contributed by atoms with Crippen molar-refractivity contribution < 1.29 is 4.63 Å². The van der Waals surface area contributed by atoms with Gasteiger partial charge in [-0.15, -0.1) is 0 Å². The molecule has 2 aromatic heterocycles. The van der Waals surface area contributed by atoms with Gasteiger partial charge in [-0.1, -0.05) is 10.3 Å². The normalized spacial score (nSPS) is 13.0. The largest absolute Gasteiger partial charge is 0.348 e. The summed E-state index contributed by atoms with van der Waals surface area (Å²) in [5.74, 6) is 0. The van der Waals surface area contributed by atoms with E-state index in [-0.39, 0.29) is 6.04 Å². The first-order valence-electron chi connectivity index (χ1n) is 4.86. The summed E-state index contributed by atoms with van der Waals surface area (Å²) >= 11 is 0. The fourth-order valence-electron chi connectivity index (χ4n) is 1.39. The molecule has 1 atom stereocenters. The minimum atomic E-state index is 0.0581. The highest BCUT2D eigenvalue weighted by Gasteiger charge is 2.07. The van der Waals surface area contributed by atoms with E-state index < -0.39 is 0 Å². The molecule has 0 fully saturated rings. The van der Waals surface area contributed by atoms with Crippen LogP contribution < -0.4 is 5.73 Å². The molecule has 0 amide bonds. The van der Waals surface area contributed by atoms with E-state index in [0.29, 0.717) is 6.54 Å². The van der Waals surface area contributed by atoms with Gasteiger partial charge in [0.2, 0.25) is 0 Å². The molecule has 80 valence electrons. The van der Waals surface area contributed by atoms with Crippen LogP contribution in [0.25, 0.3) is 0 Å². The molecular formula is C10H14N4O. The Balaban J connectivity index is 2.15. The summed E-state index contributed by atoms with van der Waals surface area (Å²) in [6.07, 6.45) is 3.99. The fourth-order valence-corrected chi connectivity index (χ4v) is 1.39. The van der Waals surface area contributed by atoms with E-state index in [2.05, 4.69) is 14.9 Å². The van der Waals surface area contributed by atoms with Gasteiger partial charge in [-0.3, -0.25) is 0 Å². The lowest BCUT2D eigenvalue weighted by Crippen LogP contribution is -2.04. The Kier molecular flexibility index (Phi) is 2.55. The van der Waals surface area contributed by atoms with Gasteiger partial charge in [-0.25, -0.2) is 4.63 Å². The van der Waals surface area contributed by atoms with Crippen LogP contribution in [0.4, 0.5) is 0 Å². The van der Waals surface area contributed by atoms with E-state index in [1.807, 2.05) is 36.9 Å². The summed E-state index contributed by atoms with van der Waals surface area (Å²) in [7, 11) is 0. The second-order valence-electron chi connectivity index (χ2n) is 3.70. The Morgan fingerprint density at radius 2 is 2.33 bits per heavy atom. The van der Waals surface area contributed by atoms with Gasteiger partial charge in [0.25, 0.3) is 0 Å². The first-order valence-corrected chi connectivity index (χ1v) is 4.86.